The molecule has 0 bridgehead atoms. The van der Waals surface area contributed by atoms with Crippen LogP contribution in [0.2, 0.25) is 0 Å². The summed E-state index contributed by atoms with van der Waals surface area (Å²) >= 11 is 0. The van der Waals surface area contributed by atoms with Crippen molar-refractivity contribution in [3.63, 3.8) is 0 Å². The zero-order chi connectivity index (χ0) is 17.3. The first-order valence-corrected chi connectivity index (χ1v) is 8.96. The quantitative estimate of drug-likeness (QED) is 0.238. The minimum atomic E-state index is 0. The van der Waals surface area contributed by atoms with E-state index in [2.05, 4.69) is 109 Å². The Labute approximate surface area is 227 Å². The molecule has 0 N–H and O–H groups in total. The van der Waals surface area contributed by atoms with Gasteiger partial charge in [-0.05, 0) is 0 Å². The average molecular weight is 584 g/mol. The molecule has 0 aliphatic rings. The zero-order valence-electron chi connectivity index (χ0n) is 16.1. The van der Waals surface area contributed by atoms with Crippen LogP contribution in [0.15, 0.2) is 109 Å². The van der Waals surface area contributed by atoms with Crippen LogP contribution >= 0.6 is 0 Å². The van der Waals surface area contributed by atoms with Crippen molar-refractivity contribution in [1.82, 2.24) is 0 Å². The van der Waals surface area contributed by atoms with Crippen molar-refractivity contribution in [1.29, 1.82) is 0 Å². The molecule has 0 heterocycles. The maximum absolute atomic E-state index is 2.24. The van der Waals surface area contributed by atoms with Crippen LogP contribution in [0.25, 0.3) is 43.1 Å². The fraction of sp³-hybridized carbons (Fsp3) is 0. The van der Waals surface area contributed by atoms with Crippen molar-refractivity contribution < 1.29 is 77.2 Å². The van der Waals surface area contributed by atoms with Gasteiger partial charge in [0.25, 0.3) is 0 Å². The summed E-state index contributed by atoms with van der Waals surface area (Å²) in [7, 11) is 0. The molecule has 0 nitrogen and oxygen atoms in total. The number of rotatable bonds is 0. The first-order chi connectivity index (χ1) is 12.9. The van der Waals surface area contributed by atoms with Gasteiger partial charge in [-0.15, -0.1) is 79.5 Å². The standard InChI is InChI=1S/2C13H9.2ClH.2Zr/c2*1-3-7-12-10(5-1)9-11-6-2-4-8-13(11)12;;;;/h2*1-9H;2*1H;;/q2*-1;;;2*+2/p-2. The van der Waals surface area contributed by atoms with Crippen LogP contribution in [0.4, 0.5) is 0 Å². The van der Waals surface area contributed by atoms with E-state index in [0.29, 0.717) is 0 Å². The van der Waals surface area contributed by atoms with Gasteiger partial charge >= 0.3 is 52.4 Å². The maximum atomic E-state index is 2.24. The van der Waals surface area contributed by atoms with Crippen molar-refractivity contribution in [2.24, 2.45) is 0 Å². The summed E-state index contributed by atoms with van der Waals surface area (Å²) in [5, 5.41) is 10.8. The Balaban J connectivity index is 0.000000265. The molecule has 0 spiro atoms. The molecule has 0 saturated carbocycles. The van der Waals surface area contributed by atoms with Gasteiger partial charge < -0.3 is 24.8 Å². The summed E-state index contributed by atoms with van der Waals surface area (Å²) < 4.78 is 0. The van der Waals surface area contributed by atoms with Gasteiger partial charge in [0.1, 0.15) is 0 Å². The van der Waals surface area contributed by atoms with Crippen molar-refractivity contribution in [2.75, 3.05) is 0 Å². The molecular formula is C26H18Cl2Zr2. The molecule has 0 aliphatic carbocycles. The molecule has 0 aliphatic heterocycles. The summed E-state index contributed by atoms with van der Waals surface area (Å²) in [6, 6.07) is 38.5. The SMILES string of the molecule is [Cl-].[Cl-].[Zr+2].[Zr+2].c1ccc2c(c1)[cH-]c1ccccc12.c1ccc2c(c1)[cH-]c1ccccc12. The van der Waals surface area contributed by atoms with E-state index >= 15 is 0 Å². The average Bonchev–Trinajstić information content (AvgIpc) is 3.27. The molecule has 0 unspecified atom stereocenters. The summed E-state index contributed by atoms with van der Waals surface area (Å²) in [6.07, 6.45) is 0. The number of fused-ring (bicyclic) bond motifs is 6. The first-order valence-electron chi connectivity index (χ1n) is 8.96. The summed E-state index contributed by atoms with van der Waals surface area (Å²) in [5.41, 5.74) is 0. The normalized spacial score (nSPS) is 9.60. The van der Waals surface area contributed by atoms with E-state index in [4.69, 9.17) is 0 Å². The second-order valence-corrected chi connectivity index (χ2v) is 6.64. The zero-order valence-corrected chi connectivity index (χ0v) is 22.6. The molecule has 0 aromatic heterocycles. The predicted octanol–water partition coefficient (Wildman–Crippen LogP) is 1.43. The largest absolute Gasteiger partial charge is 2.00 e. The molecule has 0 fully saturated rings. The van der Waals surface area contributed by atoms with Crippen LogP contribution < -0.4 is 24.8 Å². The van der Waals surface area contributed by atoms with E-state index in [1.54, 1.807) is 0 Å². The monoisotopic (exact) mass is 580 g/mol. The third-order valence-electron chi connectivity index (χ3n) is 5.05. The van der Waals surface area contributed by atoms with Crippen LogP contribution in [0.3, 0.4) is 0 Å². The van der Waals surface area contributed by atoms with Gasteiger partial charge in [0, 0.05) is 0 Å². The Hall–Kier alpha value is -1.03. The molecule has 6 rings (SSSR count). The third-order valence-corrected chi connectivity index (χ3v) is 5.05. The molecule has 4 heteroatoms. The fourth-order valence-electron chi connectivity index (χ4n) is 3.81. The van der Waals surface area contributed by atoms with Gasteiger partial charge in [0.05, 0.1) is 0 Å². The number of hydrogen-bond acceptors (Lipinski definition) is 0. The minimum absolute atomic E-state index is 0. The molecule has 0 atom stereocenters. The second kappa shape index (κ2) is 12.1. The molecule has 0 radical (unpaired) electrons. The first kappa shape index (κ1) is 27.0. The van der Waals surface area contributed by atoms with Gasteiger partial charge in [0.2, 0.25) is 0 Å². The molecule has 6 aromatic rings. The van der Waals surface area contributed by atoms with E-state index < -0.39 is 0 Å². The topological polar surface area (TPSA) is 0 Å². The number of benzene rings is 4. The summed E-state index contributed by atoms with van der Waals surface area (Å²) in [6.45, 7) is 0. The molecule has 6 aromatic carbocycles. The van der Waals surface area contributed by atoms with Gasteiger partial charge in [-0.3, -0.25) is 0 Å². The number of hydrogen-bond donors (Lipinski definition) is 0. The fourth-order valence-corrected chi connectivity index (χ4v) is 3.81. The van der Waals surface area contributed by atoms with Crippen LogP contribution in [-0.2, 0) is 52.4 Å². The minimum Gasteiger partial charge on any atom is -1.00 e. The maximum Gasteiger partial charge on any atom is 2.00 e. The molecule has 144 valence electrons. The Morgan fingerprint density at radius 1 is 0.333 bits per heavy atom. The van der Waals surface area contributed by atoms with Crippen molar-refractivity contribution in [3.8, 4) is 0 Å². The summed E-state index contributed by atoms with van der Waals surface area (Å²) in [4.78, 5) is 0. The van der Waals surface area contributed by atoms with Crippen LogP contribution in [0, 0.1) is 0 Å². The second-order valence-electron chi connectivity index (χ2n) is 6.64. The Morgan fingerprint density at radius 3 is 0.767 bits per heavy atom. The van der Waals surface area contributed by atoms with Crippen molar-refractivity contribution >= 4 is 43.1 Å². The van der Waals surface area contributed by atoms with E-state index in [1.807, 2.05) is 0 Å². The van der Waals surface area contributed by atoms with E-state index in [-0.39, 0.29) is 77.2 Å². The van der Waals surface area contributed by atoms with Gasteiger partial charge in [-0.1, -0.05) is 72.8 Å². The van der Waals surface area contributed by atoms with Crippen LogP contribution in [0.1, 0.15) is 0 Å². The smallest absolute Gasteiger partial charge is 1.00 e. The Morgan fingerprint density at radius 2 is 0.533 bits per heavy atom. The van der Waals surface area contributed by atoms with E-state index in [0.717, 1.165) is 0 Å². The van der Waals surface area contributed by atoms with Gasteiger partial charge in [0.15, 0.2) is 0 Å². The predicted molar refractivity (Wildman–Crippen MR) is 114 cm³/mol. The molecule has 0 saturated heterocycles. The van der Waals surface area contributed by atoms with Crippen molar-refractivity contribution in [3.05, 3.63) is 109 Å². The van der Waals surface area contributed by atoms with Gasteiger partial charge in [-0.25, -0.2) is 0 Å². The van der Waals surface area contributed by atoms with Crippen LogP contribution in [0.5, 0.6) is 0 Å². The van der Waals surface area contributed by atoms with E-state index in [9.17, 15) is 0 Å². The van der Waals surface area contributed by atoms with Crippen LogP contribution in [-0.4, -0.2) is 0 Å². The number of halogens is 2. The Bertz CT molecular complexity index is 1140. The Kier molecular flexibility index (Phi) is 10.9. The molecular weight excluding hydrogens is 566 g/mol. The third kappa shape index (κ3) is 5.23. The molecule has 0 amide bonds. The van der Waals surface area contributed by atoms with E-state index in [1.165, 1.54) is 43.1 Å². The van der Waals surface area contributed by atoms with Crippen molar-refractivity contribution in [2.45, 2.75) is 0 Å². The molecule has 30 heavy (non-hydrogen) atoms. The summed E-state index contributed by atoms with van der Waals surface area (Å²) in [5.74, 6) is 0. The van der Waals surface area contributed by atoms with Gasteiger partial charge in [-0.2, -0.15) is 0 Å².